The van der Waals surface area contributed by atoms with Gasteiger partial charge in [0.1, 0.15) is 5.82 Å². The summed E-state index contributed by atoms with van der Waals surface area (Å²) in [5.41, 5.74) is 0.861. The molecule has 5 heteroatoms. The zero-order valence-corrected chi connectivity index (χ0v) is 11.0. The first-order chi connectivity index (χ1) is 8.83. The minimum absolute atomic E-state index is 0.204. The van der Waals surface area contributed by atoms with Crippen LogP contribution in [0.1, 0.15) is 32.1 Å². The summed E-state index contributed by atoms with van der Waals surface area (Å²) in [5, 5.41) is 7.81. The number of anilines is 1. The van der Waals surface area contributed by atoms with Crippen LogP contribution in [0.4, 0.5) is 5.82 Å². The highest BCUT2D eigenvalue weighted by Crippen LogP contribution is 2.24. The first kappa shape index (κ1) is 11.8. The molecule has 0 radical (unpaired) electrons. The van der Waals surface area contributed by atoms with Gasteiger partial charge in [0, 0.05) is 18.3 Å². The van der Waals surface area contributed by atoms with Crippen LogP contribution >= 0.6 is 11.6 Å². The topological polar surface area (TPSA) is 42.2 Å². The van der Waals surface area contributed by atoms with Gasteiger partial charge < -0.3 is 5.32 Å². The van der Waals surface area contributed by atoms with Crippen LogP contribution in [0.3, 0.4) is 0 Å². The first-order valence-corrected chi connectivity index (χ1v) is 6.97. The molecule has 1 fully saturated rings. The Hall–Kier alpha value is -1.29. The summed E-state index contributed by atoms with van der Waals surface area (Å²) < 4.78 is 1.76. The van der Waals surface area contributed by atoms with Crippen molar-refractivity contribution in [1.82, 2.24) is 14.6 Å². The van der Waals surface area contributed by atoms with Gasteiger partial charge in [0.15, 0.2) is 5.65 Å². The van der Waals surface area contributed by atoms with Gasteiger partial charge in [-0.15, -0.1) is 11.6 Å². The molecule has 2 aromatic rings. The summed E-state index contributed by atoms with van der Waals surface area (Å²) in [5.74, 6) is 0.889. The molecule has 1 aliphatic rings. The molecule has 1 aliphatic carbocycles. The molecule has 0 aromatic carbocycles. The SMILES string of the molecule is ClC1CCCCCC1Nc1ccn2nccc2n1. The Balaban J connectivity index is 1.77. The molecule has 2 unspecified atom stereocenters. The van der Waals surface area contributed by atoms with E-state index in [2.05, 4.69) is 15.4 Å². The second-order valence-corrected chi connectivity index (χ2v) is 5.41. The lowest BCUT2D eigenvalue weighted by Crippen LogP contribution is -2.29. The Kier molecular flexibility index (Phi) is 3.37. The number of hydrogen-bond donors (Lipinski definition) is 1. The molecular formula is C13H17ClN4. The maximum Gasteiger partial charge on any atom is 0.157 e. The van der Waals surface area contributed by atoms with Crippen LogP contribution in [0, 0.1) is 0 Å². The van der Waals surface area contributed by atoms with Gasteiger partial charge in [0.2, 0.25) is 0 Å². The molecule has 0 spiro atoms. The van der Waals surface area contributed by atoms with E-state index in [-0.39, 0.29) is 5.38 Å². The van der Waals surface area contributed by atoms with Crippen molar-refractivity contribution in [2.75, 3.05) is 5.32 Å². The molecule has 2 heterocycles. The van der Waals surface area contributed by atoms with E-state index in [1.54, 1.807) is 10.7 Å². The van der Waals surface area contributed by atoms with E-state index in [9.17, 15) is 0 Å². The molecule has 2 atom stereocenters. The normalized spacial score (nSPS) is 24.9. The number of halogens is 1. The molecule has 3 rings (SSSR count). The smallest absolute Gasteiger partial charge is 0.157 e. The second kappa shape index (κ2) is 5.14. The summed E-state index contributed by atoms with van der Waals surface area (Å²) in [6.07, 6.45) is 9.66. The molecule has 0 bridgehead atoms. The van der Waals surface area contributed by atoms with Crippen molar-refractivity contribution < 1.29 is 0 Å². The number of rotatable bonds is 2. The van der Waals surface area contributed by atoms with Gasteiger partial charge >= 0.3 is 0 Å². The molecular weight excluding hydrogens is 248 g/mol. The lowest BCUT2D eigenvalue weighted by Gasteiger charge is -2.21. The molecule has 4 nitrogen and oxygen atoms in total. The number of nitrogens with one attached hydrogen (secondary N) is 1. The predicted molar refractivity (Wildman–Crippen MR) is 73.1 cm³/mol. The second-order valence-electron chi connectivity index (χ2n) is 4.85. The first-order valence-electron chi connectivity index (χ1n) is 6.54. The summed E-state index contributed by atoms with van der Waals surface area (Å²) in [6.45, 7) is 0. The van der Waals surface area contributed by atoms with Crippen LogP contribution < -0.4 is 5.32 Å². The van der Waals surface area contributed by atoms with Gasteiger partial charge in [-0.25, -0.2) is 9.50 Å². The Labute approximate surface area is 111 Å². The third-order valence-corrected chi connectivity index (χ3v) is 4.05. The highest BCUT2D eigenvalue weighted by Gasteiger charge is 2.21. The van der Waals surface area contributed by atoms with Gasteiger partial charge in [-0.05, 0) is 18.9 Å². The van der Waals surface area contributed by atoms with Crippen molar-refractivity contribution in [3.8, 4) is 0 Å². The molecule has 0 amide bonds. The number of aromatic nitrogens is 3. The Morgan fingerprint density at radius 3 is 3.06 bits per heavy atom. The number of alkyl halides is 1. The van der Waals surface area contributed by atoms with Gasteiger partial charge in [-0.2, -0.15) is 5.10 Å². The van der Waals surface area contributed by atoms with Crippen molar-refractivity contribution >= 4 is 23.1 Å². The molecule has 1 saturated carbocycles. The molecule has 18 heavy (non-hydrogen) atoms. The van der Waals surface area contributed by atoms with Crippen LogP contribution in [0.25, 0.3) is 5.65 Å². The van der Waals surface area contributed by atoms with E-state index in [0.717, 1.165) is 24.3 Å². The third-order valence-electron chi connectivity index (χ3n) is 3.52. The maximum absolute atomic E-state index is 6.43. The average molecular weight is 265 g/mol. The van der Waals surface area contributed by atoms with E-state index in [1.165, 1.54) is 19.3 Å². The molecule has 96 valence electrons. The van der Waals surface area contributed by atoms with E-state index < -0.39 is 0 Å². The Morgan fingerprint density at radius 1 is 1.22 bits per heavy atom. The van der Waals surface area contributed by atoms with Gasteiger partial charge in [0.05, 0.1) is 11.6 Å². The average Bonchev–Trinajstić information content (AvgIpc) is 2.75. The quantitative estimate of drug-likeness (QED) is 0.670. The van der Waals surface area contributed by atoms with E-state index >= 15 is 0 Å². The maximum atomic E-state index is 6.43. The highest BCUT2D eigenvalue weighted by molar-refractivity contribution is 6.21. The van der Waals surface area contributed by atoms with Crippen molar-refractivity contribution in [2.45, 2.75) is 43.5 Å². The monoisotopic (exact) mass is 264 g/mol. The fourth-order valence-corrected chi connectivity index (χ4v) is 2.85. The Bertz CT molecular complexity index is 524. The molecule has 1 N–H and O–H groups in total. The van der Waals surface area contributed by atoms with Gasteiger partial charge in [0.25, 0.3) is 0 Å². The van der Waals surface area contributed by atoms with Crippen LogP contribution in [-0.4, -0.2) is 26.0 Å². The van der Waals surface area contributed by atoms with Crippen molar-refractivity contribution in [3.63, 3.8) is 0 Å². The molecule has 0 saturated heterocycles. The van der Waals surface area contributed by atoms with E-state index in [0.29, 0.717) is 6.04 Å². The minimum atomic E-state index is 0.204. The van der Waals surface area contributed by atoms with Crippen LogP contribution in [0.2, 0.25) is 0 Å². The van der Waals surface area contributed by atoms with Crippen LogP contribution in [-0.2, 0) is 0 Å². The highest BCUT2D eigenvalue weighted by atomic mass is 35.5. The minimum Gasteiger partial charge on any atom is -0.366 e. The van der Waals surface area contributed by atoms with Crippen molar-refractivity contribution in [1.29, 1.82) is 0 Å². The summed E-state index contributed by atoms with van der Waals surface area (Å²) >= 11 is 6.43. The summed E-state index contributed by atoms with van der Waals surface area (Å²) in [6, 6.07) is 4.18. The third kappa shape index (κ3) is 2.43. The zero-order valence-electron chi connectivity index (χ0n) is 10.2. The van der Waals surface area contributed by atoms with Crippen LogP contribution in [0.15, 0.2) is 24.5 Å². The Morgan fingerprint density at radius 2 is 2.11 bits per heavy atom. The zero-order chi connectivity index (χ0) is 12.4. The van der Waals surface area contributed by atoms with Crippen molar-refractivity contribution in [2.24, 2.45) is 0 Å². The summed E-state index contributed by atoms with van der Waals surface area (Å²) in [4.78, 5) is 4.53. The largest absolute Gasteiger partial charge is 0.366 e. The molecule has 2 aromatic heterocycles. The van der Waals surface area contributed by atoms with Gasteiger partial charge in [-0.3, -0.25) is 0 Å². The fraction of sp³-hybridized carbons (Fsp3) is 0.538. The van der Waals surface area contributed by atoms with Crippen LogP contribution in [0.5, 0.6) is 0 Å². The molecule has 0 aliphatic heterocycles. The summed E-state index contributed by atoms with van der Waals surface area (Å²) in [7, 11) is 0. The van der Waals surface area contributed by atoms with Gasteiger partial charge in [-0.1, -0.05) is 19.3 Å². The van der Waals surface area contributed by atoms with E-state index in [1.807, 2.05) is 18.3 Å². The fourth-order valence-electron chi connectivity index (χ4n) is 2.51. The van der Waals surface area contributed by atoms with E-state index in [4.69, 9.17) is 11.6 Å². The number of fused-ring (bicyclic) bond motifs is 1. The number of hydrogen-bond acceptors (Lipinski definition) is 3. The standard InChI is InChI=1S/C13H17ClN4/c14-10-4-2-1-3-5-11(10)16-12-7-9-18-13(17-12)6-8-15-18/h6-11H,1-5H2,(H,16,17). The lowest BCUT2D eigenvalue weighted by atomic mass is 10.1. The predicted octanol–water partition coefficient (Wildman–Crippen LogP) is 3.08. The number of nitrogens with zero attached hydrogens (tertiary/aromatic N) is 3. The van der Waals surface area contributed by atoms with Crippen molar-refractivity contribution in [3.05, 3.63) is 24.5 Å². The lowest BCUT2D eigenvalue weighted by molar-refractivity contribution is 0.625.